The highest BCUT2D eigenvalue weighted by Gasteiger charge is 2.20. The largest absolute Gasteiger partial charge is 0.497 e. The van der Waals surface area contributed by atoms with Crippen LogP contribution >= 0.6 is 15.9 Å². The van der Waals surface area contributed by atoms with E-state index < -0.39 is 10.0 Å². The molecule has 0 heterocycles. The van der Waals surface area contributed by atoms with Crippen molar-refractivity contribution in [2.45, 2.75) is 11.4 Å². The summed E-state index contributed by atoms with van der Waals surface area (Å²) in [5, 5.41) is 0. The van der Waals surface area contributed by atoms with Crippen LogP contribution in [-0.4, -0.2) is 29.7 Å². The fourth-order valence-corrected chi connectivity index (χ4v) is 3.82. The van der Waals surface area contributed by atoms with Crippen molar-refractivity contribution in [2.75, 3.05) is 21.3 Å². The zero-order chi connectivity index (χ0) is 17.7. The smallest absolute Gasteiger partial charge is 0.244 e. The number of hydrogen-bond acceptors (Lipinski definition) is 5. The molecule has 0 aliphatic rings. The Bertz CT molecular complexity index is 823. The van der Waals surface area contributed by atoms with Crippen molar-refractivity contribution in [1.82, 2.24) is 4.72 Å². The van der Waals surface area contributed by atoms with Crippen LogP contribution in [0.25, 0.3) is 0 Å². The Morgan fingerprint density at radius 2 is 1.67 bits per heavy atom. The van der Waals surface area contributed by atoms with Crippen LogP contribution in [0.5, 0.6) is 17.2 Å². The molecule has 0 radical (unpaired) electrons. The van der Waals surface area contributed by atoms with Gasteiger partial charge in [-0.05, 0) is 24.3 Å². The highest BCUT2D eigenvalue weighted by molar-refractivity contribution is 9.10. The van der Waals surface area contributed by atoms with Crippen LogP contribution < -0.4 is 18.9 Å². The summed E-state index contributed by atoms with van der Waals surface area (Å²) in [6, 6.07) is 9.98. The summed E-state index contributed by atoms with van der Waals surface area (Å²) in [7, 11) is 0.739. The first kappa shape index (κ1) is 18.6. The molecule has 0 spiro atoms. The third-order valence-corrected chi connectivity index (χ3v) is 5.28. The zero-order valence-electron chi connectivity index (χ0n) is 13.5. The van der Waals surface area contributed by atoms with Crippen molar-refractivity contribution in [3.8, 4) is 17.2 Å². The van der Waals surface area contributed by atoms with Gasteiger partial charge in [0.1, 0.15) is 22.1 Å². The molecule has 0 bridgehead atoms. The second-order valence-corrected chi connectivity index (χ2v) is 7.45. The molecule has 24 heavy (non-hydrogen) atoms. The fraction of sp³-hybridized carbons (Fsp3) is 0.250. The van der Waals surface area contributed by atoms with Crippen LogP contribution in [0.3, 0.4) is 0 Å². The van der Waals surface area contributed by atoms with Crippen LogP contribution in [0.15, 0.2) is 45.8 Å². The van der Waals surface area contributed by atoms with Gasteiger partial charge in [-0.25, -0.2) is 13.1 Å². The normalized spacial score (nSPS) is 11.2. The lowest BCUT2D eigenvalue weighted by Crippen LogP contribution is -2.24. The van der Waals surface area contributed by atoms with Crippen molar-refractivity contribution in [1.29, 1.82) is 0 Å². The van der Waals surface area contributed by atoms with Crippen molar-refractivity contribution in [3.05, 3.63) is 46.4 Å². The maximum Gasteiger partial charge on any atom is 0.244 e. The molecule has 0 fully saturated rings. The Kier molecular flexibility index (Phi) is 6.09. The maximum absolute atomic E-state index is 12.6. The van der Waals surface area contributed by atoms with Crippen molar-refractivity contribution in [3.63, 3.8) is 0 Å². The predicted molar refractivity (Wildman–Crippen MR) is 94.3 cm³/mol. The van der Waals surface area contributed by atoms with Gasteiger partial charge in [-0.1, -0.05) is 22.0 Å². The van der Waals surface area contributed by atoms with Gasteiger partial charge < -0.3 is 14.2 Å². The first-order chi connectivity index (χ1) is 11.4. The van der Waals surface area contributed by atoms with Crippen LogP contribution in [0.1, 0.15) is 5.56 Å². The summed E-state index contributed by atoms with van der Waals surface area (Å²) < 4.78 is 43.9. The Hall–Kier alpha value is -1.77. The van der Waals surface area contributed by atoms with Gasteiger partial charge in [0.2, 0.25) is 10.0 Å². The van der Waals surface area contributed by atoms with E-state index in [1.807, 2.05) is 0 Å². The second kappa shape index (κ2) is 7.87. The van der Waals surface area contributed by atoms with Crippen LogP contribution in [-0.2, 0) is 16.6 Å². The van der Waals surface area contributed by atoms with Gasteiger partial charge in [0, 0.05) is 22.6 Å². The first-order valence-corrected chi connectivity index (χ1v) is 9.23. The highest BCUT2D eigenvalue weighted by Crippen LogP contribution is 2.28. The van der Waals surface area contributed by atoms with E-state index >= 15 is 0 Å². The van der Waals surface area contributed by atoms with E-state index in [4.69, 9.17) is 14.2 Å². The van der Waals surface area contributed by atoms with Gasteiger partial charge in [-0.3, -0.25) is 0 Å². The minimum Gasteiger partial charge on any atom is -0.497 e. The molecule has 0 amide bonds. The van der Waals surface area contributed by atoms with E-state index in [-0.39, 0.29) is 17.2 Å². The third kappa shape index (κ3) is 4.19. The first-order valence-electron chi connectivity index (χ1n) is 6.95. The summed E-state index contributed by atoms with van der Waals surface area (Å²) in [5.41, 5.74) is 0.691. The summed E-state index contributed by atoms with van der Waals surface area (Å²) in [5.74, 6) is 1.44. The summed E-state index contributed by atoms with van der Waals surface area (Å²) in [6.45, 7) is 0.0746. The average molecular weight is 416 g/mol. The minimum absolute atomic E-state index is 0.0619. The Morgan fingerprint density at radius 3 is 2.29 bits per heavy atom. The van der Waals surface area contributed by atoms with Crippen molar-refractivity contribution >= 4 is 26.0 Å². The van der Waals surface area contributed by atoms with E-state index in [0.717, 1.165) is 0 Å². The molecule has 0 aromatic heterocycles. The quantitative estimate of drug-likeness (QED) is 0.752. The standard InChI is InChI=1S/C16H18BrNO5S/c1-21-13-6-4-11(15(9-13)23-3)10-18-24(19,20)16-8-12(17)5-7-14(16)22-2/h4-9,18H,10H2,1-3H3. The van der Waals surface area contributed by atoms with Crippen LogP contribution in [0, 0.1) is 0 Å². The maximum atomic E-state index is 12.6. The number of hydrogen-bond donors (Lipinski definition) is 1. The van der Waals surface area contributed by atoms with Gasteiger partial charge in [-0.15, -0.1) is 0 Å². The van der Waals surface area contributed by atoms with E-state index in [0.29, 0.717) is 21.5 Å². The van der Waals surface area contributed by atoms with Crippen LogP contribution in [0.2, 0.25) is 0 Å². The van der Waals surface area contributed by atoms with Gasteiger partial charge >= 0.3 is 0 Å². The molecule has 2 rings (SSSR count). The lowest BCUT2D eigenvalue weighted by molar-refractivity contribution is 0.390. The number of nitrogens with one attached hydrogen (secondary N) is 1. The molecule has 0 aliphatic heterocycles. The molecule has 1 N–H and O–H groups in total. The van der Waals surface area contributed by atoms with E-state index in [1.54, 1.807) is 37.4 Å². The molecule has 8 heteroatoms. The van der Waals surface area contributed by atoms with Gasteiger partial charge in [0.05, 0.1) is 21.3 Å². The number of ether oxygens (including phenoxy) is 3. The molecule has 0 unspecified atom stereocenters. The molecule has 0 saturated heterocycles. The monoisotopic (exact) mass is 415 g/mol. The SMILES string of the molecule is COc1ccc(CNS(=O)(=O)c2cc(Br)ccc2OC)c(OC)c1. The minimum atomic E-state index is -3.76. The lowest BCUT2D eigenvalue weighted by Gasteiger charge is -2.13. The van der Waals surface area contributed by atoms with Crippen LogP contribution in [0.4, 0.5) is 0 Å². The average Bonchev–Trinajstić information content (AvgIpc) is 2.59. The van der Waals surface area contributed by atoms with E-state index in [1.165, 1.54) is 20.3 Å². The van der Waals surface area contributed by atoms with Gasteiger partial charge in [0.15, 0.2) is 0 Å². The molecule has 130 valence electrons. The number of methoxy groups -OCH3 is 3. The van der Waals surface area contributed by atoms with Crippen molar-refractivity contribution < 1.29 is 22.6 Å². The molecule has 2 aromatic rings. The van der Waals surface area contributed by atoms with Gasteiger partial charge in [-0.2, -0.15) is 0 Å². The number of sulfonamides is 1. The van der Waals surface area contributed by atoms with Crippen molar-refractivity contribution in [2.24, 2.45) is 0 Å². The topological polar surface area (TPSA) is 73.9 Å². The molecule has 2 aromatic carbocycles. The molecule has 0 atom stereocenters. The zero-order valence-corrected chi connectivity index (χ0v) is 15.9. The fourth-order valence-electron chi connectivity index (χ4n) is 2.11. The summed E-state index contributed by atoms with van der Waals surface area (Å²) in [4.78, 5) is 0.0619. The molecule has 0 saturated carbocycles. The molecular formula is C16H18BrNO5S. The number of benzene rings is 2. The Labute approximate surface area is 149 Å². The van der Waals surface area contributed by atoms with E-state index in [9.17, 15) is 8.42 Å². The number of rotatable bonds is 7. The molecular weight excluding hydrogens is 398 g/mol. The summed E-state index contributed by atoms with van der Waals surface area (Å²) in [6.07, 6.45) is 0. The van der Waals surface area contributed by atoms with Gasteiger partial charge in [0.25, 0.3) is 0 Å². The summed E-state index contributed by atoms with van der Waals surface area (Å²) >= 11 is 3.27. The molecule has 6 nitrogen and oxygen atoms in total. The predicted octanol–water partition coefficient (Wildman–Crippen LogP) is 2.95. The Morgan fingerprint density at radius 1 is 0.958 bits per heavy atom. The Balaban J connectivity index is 2.27. The molecule has 0 aliphatic carbocycles. The lowest BCUT2D eigenvalue weighted by atomic mass is 10.2. The highest BCUT2D eigenvalue weighted by atomic mass is 79.9. The number of halogens is 1. The second-order valence-electron chi connectivity index (χ2n) is 4.80. The third-order valence-electron chi connectivity index (χ3n) is 3.36. The van der Waals surface area contributed by atoms with E-state index in [2.05, 4.69) is 20.7 Å².